The summed E-state index contributed by atoms with van der Waals surface area (Å²) in [5.41, 5.74) is 3.75. The number of phenols is 1. The van der Waals surface area contributed by atoms with Crippen LogP contribution >= 0.6 is 0 Å². The summed E-state index contributed by atoms with van der Waals surface area (Å²) in [5.74, 6) is -9.81. The van der Waals surface area contributed by atoms with E-state index in [4.69, 9.17) is 76.7 Å². The van der Waals surface area contributed by atoms with Crippen molar-refractivity contribution in [1.82, 2.24) is 25.8 Å². The van der Waals surface area contributed by atoms with E-state index < -0.39 is 123 Å². The maximum Gasteiger partial charge on any atom is 0.312 e. The zero-order valence-electron chi connectivity index (χ0n) is 76.9. The van der Waals surface area contributed by atoms with Gasteiger partial charge in [0.1, 0.15) is 54.3 Å². The topological polar surface area (TPSA) is 484 Å². The standard InChI is InChI=1S/C93H129N9O28/c1-55(2)79(98-73(107)28-33-118-37-39-120-41-43-122-45-47-124-49-50-125-48-46-123-44-42-121-40-38-119-35-30-95-72(106)26-31-101-74(108)24-25-75(101)109)68(104)51-65(19-16-29-96-92(94)116)91(115)97-66-22-20-64(21-23-66)54-102(12,13)32-36-126-67-52-69(105)80-71(53-67)129-88-81(99-80)76-77-84(111)62(9)87-78(76)89(113)93(11,130-87)127-34-27-70(117-14)61(8)86(128-63(10)103)60(7)58(5)59(6)83(110)56(3)17-15-18-57(4)90(114)100-82(88)85(77)112/h15,17-18,20-25,27,34,52-53,55-56,58-61,65,70,79,83,86,110H,16,19,26,28-33,35-51,54H2,1-14H3,(H8-,94,95,96,97,98,99,100,105,106,107,108,109,111,112,113,114,115,116)/p+1/b17-15+,34-27+,57-18-/t56-,58+,59-,60+,61+,65+,70-,79-,83-,86-,93-/m0/s1. The highest BCUT2D eigenvalue weighted by molar-refractivity contribution is 6.17. The number of methoxy groups -OCH3 is 1. The van der Waals surface area contributed by atoms with E-state index in [9.17, 15) is 63.3 Å². The number of fused-ring (bicyclic) bond motifs is 2. The van der Waals surface area contributed by atoms with Gasteiger partial charge in [-0.25, -0.2) is 9.78 Å². The van der Waals surface area contributed by atoms with Crippen LogP contribution in [-0.4, -0.2) is 273 Å². The number of urea groups is 1. The number of likely N-dealkylation sites (N-methyl/N-ethyl adjacent to an activating group) is 1. The van der Waals surface area contributed by atoms with Crippen molar-refractivity contribution in [2.75, 3.05) is 170 Å². The molecule has 0 unspecified atom stereocenters. The average Bonchev–Trinajstić information content (AvgIpc) is 1.47. The summed E-state index contributed by atoms with van der Waals surface area (Å²) in [6, 6.07) is 8.16. The molecule has 37 nitrogen and oxygen atoms in total. The number of hydrogen-bond acceptors (Lipinski definition) is 29. The third kappa shape index (κ3) is 30.4. The van der Waals surface area contributed by atoms with Crippen molar-refractivity contribution in [2.45, 2.75) is 145 Å². The number of phenolic OH excluding ortho intramolecular Hbond substituents is 1. The number of nitrogens with one attached hydrogen (secondary N) is 5. The predicted molar refractivity (Wildman–Crippen MR) is 481 cm³/mol. The first-order valence-electron chi connectivity index (χ1n) is 44.0. The van der Waals surface area contributed by atoms with Crippen LogP contribution in [0.2, 0.25) is 0 Å². The van der Waals surface area contributed by atoms with Crippen molar-refractivity contribution in [3.8, 4) is 17.2 Å². The van der Waals surface area contributed by atoms with Crippen molar-refractivity contribution in [3.63, 3.8) is 0 Å². The van der Waals surface area contributed by atoms with Crippen LogP contribution in [0.3, 0.4) is 0 Å². The van der Waals surface area contributed by atoms with Crippen molar-refractivity contribution in [2.24, 2.45) is 47.2 Å². The van der Waals surface area contributed by atoms with Crippen molar-refractivity contribution >= 4 is 103 Å². The normalized spacial score (nSPS) is 21.1. The molecule has 714 valence electrons. The van der Waals surface area contributed by atoms with E-state index in [1.54, 1.807) is 44.2 Å². The molecule has 4 aromatic carbocycles. The number of aromatic hydroxyl groups is 1. The number of hydrogen-bond donors (Lipinski definition) is 9. The summed E-state index contributed by atoms with van der Waals surface area (Å²) < 4.78 is 81.9. The van der Waals surface area contributed by atoms with E-state index in [-0.39, 0.29) is 169 Å². The number of esters is 1. The van der Waals surface area contributed by atoms with Gasteiger partial charge in [0.05, 0.1) is 155 Å². The van der Waals surface area contributed by atoms with Crippen LogP contribution in [0.5, 0.6) is 17.2 Å². The highest BCUT2D eigenvalue weighted by atomic mass is 16.7. The van der Waals surface area contributed by atoms with Gasteiger partial charge >= 0.3 is 17.8 Å². The third-order valence-corrected chi connectivity index (χ3v) is 23.1. The summed E-state index contributed by atoms with van der Waals surface area (Å²) in [7, 11) is 5.42. The molecule has 0 saturated carbocycles. The van der Waals surface area contributed by atoms with Crippen LogP contribution in [0.4, 0.5) is 16.2 Å². The van der Waals surface area contributed by atoms with Crippen LogP contribution in [0.25, 0.3) is 38.7 Å². The lowest BCUT2D eigenvalue weighted by molar-refractivity contribution is -0.903. The Bertz CT molecular complexity index is 5020. The number of quaternary nitrogens is 1. The Hall–Kier alpha value is -10.8. The number of primary amides is 1. The number of rotatable bonds is 49. The highest BCUT2D eigenvalue weighted by Gasteiger charge is 2.45. The Morgan fingerprint density at radius 1 is 0.708 bits per heavy atom. The number of imide groups is 1. The fourth-order valence-electron chi connectivity index (χ4n) is 15.2. The number of carbonyl (C=O) groups is 9. The molecular formula is C93H130N9O28+. The minimum Gasteiger partial charge on any atom is -0.507 e. The molecule has 0 fully saturated rings. The first-order valence-corrected chi connectivity index (χ1v) is 44.0. The van der Waals surface area contributed by atoms with Gasteiger partial charge in [-0.2, -0.15) is 0 Å². The van der Waals surface area contributed by atoms with Gasteiger partial charge in [0.25, 0.3) is 17.7 Å². The van der Waals surface area contributed by atoms with Gasteiger partial charge in [0.2, 0.25) is 28.6 Å². The van der Waals surface area contributed by atoms with E-state index in [2.05, 4.69) is 26.6 Å². The molecule has 3 aliphatic rings. The number of ketones is 1. The Morgan fingerprint density at radius 3 is 1.88 bits per heavy atom. The van der Waals surface area contributed by atoms with Crippen molar-refractivity contribution in [3.05, 3.63) is 121 Å². The predicted octanol–water partition coefficient (Wildman–Crippen LogP) is 6.55. The SMILES string of the molecule is CO[C@H]1/C=C/O[C@@]2(C)Oc3c(C)c(O)c4c(=O)c(c5oc6cc(OCC[N+](C)(C)Cc7ccc(NC(=O)[C@H](CCCNC(N)=O)CC(=O)[C@@H](NC(=O)CCOCCOCCOCCOCCOCCOCCOCCOCCNC(=O)CCN8C(=O)C=CC8=O)C(C)C)cc7)cc(=O)c6nc5c4c3=C2O)NC(=O)/C(C)=C\C=C\[C@H](C)[C@H](O)[C@@H](C)[C@@H](C)[C@@H](C)[C@H](OC(C)=O)[C@@H]1C. The number of benzene rings is 4. The number of nitrogens with zero attached hydrogens (tertiary/aromatic N) is 3. The number of ether oxygens (including phenoxy) is 13. The van der Waals surface area contributed by atoms with Gasteiger partial charge in [0.15, 0.2) is 28.2 Å². The van der Waals surface area contributed by atoms with Crippen LogP contribution in [0, 0.1) is 48.3 Å². The largest absolute Gasteiger partial charge is 0.507 e. The first-order chi connectivity index (χ1) is 61.9. The lowest BCUT2D eigenvalue weighted by atomic mass is 9.73. The smallest absolute Gasteiger partial charge is 0.312 e. The quantitative estimate of drug-likeness (QED) is 0.00497. The fraction of sp³-hybridized carbons (Fsp3) is 0.570. The molecule has 4 heterocycles. The molecule has 0 aliphatic carbocycles. The molecule has 130 heavy (non-hydrogen) atoms. The molecule has 1 aromatic heterocycles. The minimum absolute atomic E-state index is 0.0111. The second kappa shape index (κ2) is 51.1. The number of nitrogens with two attached hydrogens (primary N) is 1. The highest BCUT2D eigenvalue weighted by Crippen LogP contribution is 2.43. The molecule has 8 rings (SSSR count). The summed E-state index contributed by atoms with van der Waals surface area (Å²) in [4.78, 5) is 150. The molecule has 5 aromatic rings. The minimum atomic E-state index is -2.04. The Labute approximate surface area is 755 Å². The van der Waals surface area contributed by atoms with Gasteiger partial charge in [-0.05, 0) is 68.6 Å². The van der Waals surface area contributed by atoms with Crippen molar-refractivity contribution < 1.29 is 129 Å². The number of allylic oxidation sites excluding steroid dienone is 2. The number of Topliss-reactive ketones (excluding diaryl/α,β-unsaturated/α-hetero) is 1. The second-order valence-electron chi connectivity index (χ2n) is 33.7. The molecule has 0 saturated heterocycles. The molecule has 3 aliphatic heterocycles. The van der Waals surface area contributed by atoms with E-state index in [0.717, 1.165) is 10.5 Å². The number of carbonyl (C=O) groups excluding carboxylic acids is 9. The van der Waals surface area contributed by atoms with Gasteiger partial charge in [-0.15, -0.1) is 0 Å². The average molecular weight is 1820 g/mol. The molecule has 37 heteroatoms. The van der Waals surface area contributed by atoms with Crippen LogP contribution in [0.15, 0.2) is 98.7 Å². The molecule has 4 bridgehead atoms. The Kier molecular flexibility index (Phi) is 41.1. The maximum absolute atomic E-state index is 15.2. The third-order valence-electron chi connectivity index (χ3n) is 23.1. The number of amides is 8. The van der Waals surface area contributed by atoms with E-state index in [0.29, 0.717) is 109 Å². The number of aromatic nitrogens is 1. The van der Waals surface area contributed by atoms with Crippen LogP contribution < -0.4 is 57.9 Å². The van der Waals surface area contributed by atoms with E-state index in [1.165, 1.54) is 71.4 Å². The number of anilines is 2. The Morgan fingerprint density at radius 2 is 1.30 bits per heavy atom. The summed E-state index contributed by atoms with van der Waals surface area (Å²) in [6.07, 6.45) is 7.97. The molecule has 0 spiro atoms. The van der Waals surface area contributed by atoms with Gasteiger partial charge in [-0.3, -0.25) is 52.8 Å². The first kappa shape index (κ1) is 105. The monoisotopic (exact) mass is 1820 g/mol. The zero-order chi connectivity index (χ0) is 94.9. The fourth-order valence-corrected chi connectivity index (χ4v) is 15.2. The van der Waals surface area contributed by atoms with E-state index >= 15 is 4.79 Å². The maximum atomic E-state index is 15.2. The molecule has 0 radical (unpaired) electrons. The molecular weight excluding hydrogens is 1690 g/mol. The van der Waals surface area contributed by atoms with Gasteiger partial charge in [0, 0.05) is 130 Å². The number of aliphatic hydroxyl groups excluding tert-OH is 2. The lowest BCUT2D eigenvalue weighted by Crippen LogP contribution is -2.45. The zero-order valence-corrected chi connectivity index (χ0v) is 76.9. The van der Waals surface area contributed by atoms with Gasteiger partial charge in [-0.1, -0.05) is 78.8 Å². The summed E-state index contributed by atoms with van der Waals surface area (Å²) >= 11 is 0. The summed E-state index contributed by atoms with van der Waals surface area (Å²) in [6.45, 7) is 25.4. The second-order valence-corrected chi connectivity index (χ2v) is 33.7. The van der Waals surface area contributed by atoms with Gasteiger partial charge < -0.3 is 118 Å². The molecule has 10 N–H and O–H groups in total. The van der Waals surface area contributed by atoms with Crippen LogP contribution in [0.1, 0.15) is 112 Å². The van der Waals surface area contributed by atoms with E-state index in [1.807, 2.05) is 60.8 Å². The molecule has 11 atom stereocenters. The molecule has 8 amide bonds. The lowest BCUT2D eigenvalue weighted by Gasteiger charge is -2.39. The Balaban J connectivity index is 0.793. The van der Waals surface area contributed by atoms with Crippen LogP contribution in [-0.2, 0) is 97.0 Å². The number of aliphatic hydroxyl groups is 2. The van der Waals surface area contributed by atoms with Crippen molar-refractivity contribution in [1.29, 1.82) is 0 Å². The summed E-state index contributed by atoms with van der Waals surface area (Å²) in [5, 5.41) is 49.2.